The largest absolute Gasteiger partial charge is 0.573 e. The van der Waals surface area contributed by atoms with Gasteiger partial charge in [-0.05, 0) is 25.1 Å². The van der Waals surface area contributed by atoms with Crippen molar-refractivity contribution in [1.29, 1.82) is 0 Å². The van der Waals surface area contributed by atoms with Crippen LogP contribution in [-0.4, -0.2) is 26.3 Å². The van der Waals surface area contributed by atoms with Crippen molar-refractivity contribution in [2.24, 2.45) is 0 Å². The van der Waals surface area contributed by atoms with Gasteiger partial charge in [-0.25, -0.2) is 12.8 Å². The van der Waals surface area contributed by atoms with Crippen LogP contribution in [0, 0.1) is 15.9 Å². The lowest BCUT2D eigenvalue weighted by molar-refractivity contribution is -0.385. The standard InChI is InChI=1S/C15H12F4N2O6S/c1-2-26-13-8-10(21(22)23)4-6-14(13)28(24,25)20-9-3-5-11(16)12(7-9)27-15(17,18)19/h3-8,20H,2H2,1H3. The van der Waals surface area contributed by atoms with Crippen molar-refractivity contribution in [2.75, 3.05) is 11.3 Å². The van der Waals surface area contributed by atoms with Crippen LogP contribution in [0.15, 0.2) is 41.3 Å². The van der Waals surface area contributed by atoms with Crippen molar-refractivity contribution in [2.45, 2.75) is 18.2 Å². The van der Waals surface area contributed by atoms with Crippen LogP contribution in [-0.2, 0) is 10.0 Å². The molecule has 0 radical (unpaired) electrons. The quantitative estimate of drug-likeness (QED) is 0.411. The molecular weight excluding hydrogens is 412 g/mol. The van der Waals surface area contributed by atoms with E-state index in [4.69, 9.17) is 4.74 Å². The van der Waals surface area contributed by atoms with Gasteiger partial charge in [0.1, 0.15) is 10.6 Å². The lowest BCUT2D eigenvalue weighted by Crippen LogP contribution is -2.18. The van der Waals surface area contributed by atoms with E-state index < -0.39 is 49.1 Å². The third-order valence-corrected chi connectivity index (χ3v) is 4.56. The summed E-state index contributed by atoms with van der Waals surface area (Å²) >= 11 is 0. The third kappa shape index (κ3) is 5.22. The highest BCUT2D eigenvalue weighted by atomic mass is 32.2. The summed E-state index contributed by atoms with van der Waals surface area (Å²) in [5, 5.41) is 10.8. The molecular formula is C15H12F4N2O6S. The van der Waals surface area contributed by atoms with Crippen LogP contribution in [0.3, 0.4) is 0 Å². The van der Waals surface area contributed by atoms with Crippen LogP contribution in [0.4, 0.5) is 28.9 Å². The molecule has 1 N–H and O–H groups in total. The first-order valence-corrected chi connectivity index (χ1v) is 8.90. The number of ether oxygens (including phenoxy) is 2. The Hall–Kier alpha value is -3.09. The van der Waals surface area contributed by atoms with Gasteiger partial charge >= 0.3 is 6.36 Å². The topological polar surface area (TPSA) is 108 Å². The van der Waals surface area contributed by atoms with E-state index >= 15 is 0 Å². The Bertz CT molecular complexity index is 995. The monoisotopic (exact) mass is 424 g/mol. The first kappa shape index (κ1) is 21.2. The fourth-order valence-corrected chi connectivity index (χ4v) is 3.26. The average Bonchev–Trinajstić information content (AvgIpc) is 2.56. The van der Waals surface area contributed by atoms with Crippen molar-refractivity contribution in [1.82, 2.24) is 0 Å². The zero-order valence-corrected chi connectivity index (χ0v) is 14.8. The zero-order chi connectivity index (χ0) is 21.1. The Labute approximate surface area is 155 Å². The fraction of sp³-hybridized carbons (Fsp3) is 0.200. The summed E-state index contributed by atoms with van der Waals surface area (Å²) in [5.41, 5.74) is -0.855. The van der Waals surface area contributed by atoms with Gasteiger partial charge in [0.25, 0.3) is 15.7 Å². The van der Waals surface area contributed by atoms with Crippen molar-refractivity contribution in [3.63, 3.8) is 0 Å². The molecule has 2 rings (SSSR count). The molecule has 2 aromatic rings. The minimum absolute atomic E-state index is 0.0101. The molecule has 13 heteroatoms. The molecule has 2 aromatic carbocycles. The number of nitro groups is 1. The summed E-state index contributed by atoms with van der Waals surface area (Å²) in [6.45, 7) is 1.51. The maximum Gasteiger partial charge on any atom is 0.573 e. The lowest BCUT2D eigenvalue weighted by Gasteiger charge is -2.14. The van der Waals surface area contributed by atoms with Crippen LogP contribution in [0.25, 0.3) is 0 Å². The smallest absolute Gasteiger partial charge is 0.492 e. The van der Waals surface area contributed by atoms with Gasteiger partial charge in [0.15, 0.2) is 11.6 Å². The second kappa shape index (κ2) is 7.88. The molecule has 28 heavy (non-hydrogen) atoms. The summed E-state index contributed by atoms with van der Waals surface area (Å²) in [5.74, 6) is -2.93. The molecule has 0 aliphatic carbocycles. The van der Waals surface area contributed by atoms with E-state index in [1.165, 1.54) is 6.92 Å². The van der Waals surface area contributed by atoms with Crippen molar-refractivity contribution < 1.29 is 40.4 Å². The Balaban J connectivity index is 2.41. The molecule has 0 aliphatic heterocycles. The zero-order valence-electron chi connectivity index (χ0n) is 14.0. The van der Waals surface area contributed by atoms with Crippen LogP contribution in [0.5, 0.6) is 11.5 Å². The minimum Gasteiger partial charge on any atom is -0.492 e. The van der Waals surface area contributed by atoms with E-state index in [2.05, 4.69) is 4.74 Å². The number of halogens is 4. The molecule has 0 aromatic heterocycles. The number of sulfonamides is 1. The van der Waals surface area contributed by atoms with E-state index in [0.29, 0.717) is 12.1 Å². The van der Waals surface area contributed by atoms with E-state index in [9.17, 15) is 36.1 Å². The Morgan fingerprint density at radius 3 is 2.39 bits per heavy atom. The molecule has 0 aliphatic rings. The molecule has 152 valence electrons. The van der Waals surface area contributed by atoms with Gasteiger partial charge in [0.2, 0.25) is 0 Å². The molecule has 0 heterocycles. The molecule has 0 saturated carbocycles. The fourth-order valence-electron chi connectivity index (χ4n) is 2.08. The van der Waals surface area contributed by atoms with Gasteiger partial charge in [0, 0.05) is 12.1 Å². The van der Waals surface area contributed by atoms with Gasteiger partial charge in [0.05, 0.1) is 23.3 Å². The maximum atomic E-state index is 13.5. The lowest BCUT2D eigenvalue weighted by atomic mass is 10.3. The number of rotatable bonds is 7. The molecule has 0 unspecified atom stereocenters. The number of nitrogens with zero attached hydrogens (tertiary/aromatic N) is 1. The summed E-state index contributed by atoms with van der Waals surface area (Å²) in [4.78, 5) is 9.58. The number of nitrogens with one attached hydrogen (secondary N) is 1. The van der Waals surface area contributed by atoms with Crippen molar-refractivity contribution >= 4 is 21.4 Å². The summed E-state index contributed by atoms with van der Waals surface area (Å²) in [6.07, 6.45) is -5.18. The second-order valence-corrected chi connectivity index (χ2v) is 6.77. The van der Waals surface area contributed by atoms with Gasteiger partial charge in [-0.2, -0.15) is 0 Å². The average molecular weight is 424 g/mol. The SMILES string of the molecule is CCOc1cc([N+](=O)[O-])ccc1S(=O)(=O)Nc1ccc(F)c(OC(F)(F)F)c1. The number of non-ortho nitro benzene ring substituents is 1. The normalized spacial score (nSPS) is 11.8. The number of hydrogen-bond donors (Lipinski definition) is 1. The highest BCUT2D eigenvalue weighted by Crippen LogP contribution is 2.32. The molecule has 8 nitrogen and oxygen atoms in total. The molecule has 0 bridgehead atoms. The van der Waals surface area contributed by atoms with Crippen molar-refractivity contribution in [3.8, 4) is 11.5 Å². The Kier molecular flexibility index (Phi) is 5.97. The molecule has 0 amide bonds. The molecule has 0 spiro atoms. The maximum absolute atomic E-state index is 13.5. The summed E-state index contributed by atoms with van der Waals surface area (Å²) in [6, 6.07) is 4.68. The second-order valence-electron chi connectivity index (χ2n) is 5.12. The highest BCUT2D eigenvalue weighted by molar-refractivity contribution is 7.92. The first-order valence-electron chi connectivity index (χ1n) is 7.42. The predicted octanol–water partition coefficient (Wildman–Crippen LogP) is 3.83. The Morgan fingerprint density at radius 1 is 1.14 bits per heavy atom. The third-order valence-electron chi connectivity index (χ3n) is 3.14. The molecule has 0 fully saturated rings. The van der Waals surface area contributed by atoms with Crippen molar-refractivity contribution in [3.05, 3.63) is 52.3 Å². The van der Waals surface area contributed by atoms with E-state index in [1.54, 1.807) is 0 Å². The van der Waals surface area contributed by atoms with E-state index in [-0.39, 0.29) is 12.4 Å². The molecule has 0 atom stereocenters. The number of nitro benzene ring substituents is 1. The van der Waals surface area contributed by atoms with E-state index in [1.807, 2.05) is 4.72 Å². The number of anilines is 1. The molecule has 0 saturated heterocycles. The number of benzene rings is 2. The van der Waals surface area contributed by atoms with Gasteiger partial charge in [-0.1, -0.05) is 0 Å². The van der Waals surface area contributed by atoms with Crippen LogP contribution in [0.1, 0.15) is 6.92 Å². The van der Waals surface area contributed by atoms with E-state index in [0.717, 1.165) is 24.3 Å². The van der Waals surface area contributed by atoms with Crippen LogP contribution in [0.2, 0.25) is 0 Å². The predicted molar refractivity (Wildman–Crippen MR) is 88.2 cm³/mol. The number of hydrogen-bond acceptors (Lipinski definition) is 6. The Morgan fingerprint density at radius 2 is 1.82 bits per heavy atom. The number of alkyl halides is 3. The van der Waals surface area contributed by atoms with Gasteiger partial charge in [-0.3, -0.25) is 14.8 Å². The summed E-state index contributed by atoms with van der Waals surface area (Å²) < 4.78 is 86.0. The van der Waals surface area contributed by atoms with Crippen LogP contribution < -0.4 is 14.2 Å². The van der Waals surface area contributed by atoms with Crippen LogP contribution >= 0.6 is 0 Å². The van der Waals surface area contributed by atoms with Gasteiger partial charge in [-0.15, -0.1) is 13.2 Å². The minimum atomic E-state index is -5.18. The first-order chi connectivity index (χ1) is 12.9. The summed E-state index contributed by atoms with van der Waals surface area (Å²) in [7, 11) is -4.44. The highest BCUT2D eigenvalue weighted by Gasteiger charge is 2.32. The van der Waals surface area contributed by atoms with Gasteiger partial charge < -0.3 is 9.47 Å².